The first-order valence-corrected chi connectivity index (χ1v) is 4.23. The fraction of sp³-hybridized carbons (Fsp3) is 0.400. The van der Waals surface area contributed by atoms with E-state index < -0.39 is 12.5 Å². The van der Waals surface area contributed by atoms with Crippen LogP contribution in [0.25, 0.3) is 0 Å². The van der Waals surface area contributed by atoms with Gasteiger partial charge >= 0.3 is 0 Å². The van der Waals surface area contributed by atoms with Gasteiger partial charge in [-0.05, 0) is 37.1 Å². The van der Waals surface area contributed by atoms with Crippen LogP contribution in [0.1, 0.15) is 16.7 Å². The van der Waals surface area contributed by atoms with Crippen LogP contribution in [0.5, 0.6) is 0 Å². The molecule has 72 valence electrons. The number of aryl methyl sites for hydroxylation is 1. The molecule has 0 saturated carbocycles. The van der Waals surface area contributed by atoms with Crippen LogP contribution in [-0.4, -0.2) is 6.54 Å². The molecule has 0 aliphatic rings. The van der Waals surface area contributed by atoms with Gasteiger partial charge in [0, 0.05) is 5.56 Å². The predicted octanol–water partition coefficient (Wildman–Crippen LogP) is 2.10. The summed E-state index contributed by atoms with van der Waals surface area (Å²) in [6.07, 6.45) is 0.629. The maximum atomic E-state index is 13.2. The molecule has 0 unspecified atom stereocenters. The van der Waals surface area contributed by atoms with Crippen LogP contribution in [0.2, 0.25) is 0 Å². The molecule has 13 heavy (non-hydrogen) atoms. The predicted molar refractivity (Wildman–Crippen MR) is 48.7 cm³/mol. The zero-order valence-corrected chi connectivity index (χ0v) is 7.61. The van der Waals surface area contributed by atoms with Crippen molar-refractivity contribution in [3.05, 3.63) is 34.6 Å². The van der Waals surface area contributed by atoms with Gasteiger partial charge in [0.15, 0.2) is 0 Å². The second kappa shape index (κ2) is 4.33. The summed E-state index contributed by atoms with van der Waals surface area (Å²) in [6.45, 7) is 1.44. The number of nitrogens with two attached hydrogens (primary N) is 1. The van der Waals surface area contributed by atoms with Gasteiger partial charge in [0.1, 0.15) is 12.5 Å². The van der Waals surface area contributed by atoms with Gasteiger partial charge < -0.3 is 5.73 Å². The van der Waals surface area contributed by atoms with Gasteiger partial charge in [-0.15, -0.1) is 0 Å². The van der Waals surface area contributed by atoms with Gasteiger partial charge in [0.2, 0.25) is 0 Å². The number of alkyl halides is 1. The van der Waals surface area contributed by atoms with E-state index in [2.05, 4.69) is 0 Å². The molecule has 0 aliphatic carbocycles. The lowest BCUT2D eigenvalue weighted by molar-refractivity contribution is 0.461. The van der Waals surface area contributed by atoms with E-state index in [-0.39, 0.29) is 5.56 Å². The molecule has 0 aromatic heterocycles. The molecule has 0 saturated heterocycles. The van der Waals surface area contributed by atoms with E-state index >= 15 is 0 Å². The smallest absolute Gasteiger partial charge is 0.129 e. The second-order valence-electron chi connectivity index (χ2n) is 3.05. The largest absolute Gasteiger partial charge is 0.330 e. The Labute approximate surface area is 76.6 Å². The molecular formula is C10H13F2N. The van der Waals surface area contributed by atoms with Crippen molar-refractivity contribution in [1.29, 1.82) is 0 Å². The Hall–Kier alpha value is -0.960. The molecule has 0 fully saturated rings. The Morgan fingerprint density at radius 1 is 1.38 bits per heavy atom. The number of hydrogen-bond donors (Lipinski definition) is 1. The van der Waals surface area contributed by atoms with Crippen molar-refractivity contribution >= 4 is 0 Å². The van der Waals surface area contributed by atoms with Crippen molar-refractivity contribution in [2.24, 2.45) is 5.73 Å². The van der Waals surface area contributed by atoms with Gasteiger partial charge in [-0.3, -0.25) is 0 Å². The van der Waals surface area contributed by atoms with E-state index in [4.69, 9.17) is 5.73 Å². The molecule has 1 rings (SSSR count). The highest BCUT2D eigenvalue weighted by Crippen LogP contribution is 2.17. The van der Waals surface area contributed by atoms with Crippen LogP contribution in [0.15, 0.2) is 12.1 Å². The first-order chi connectivity index (χ1) is 6.19. The minimum absolute atomic E-state index is 0.153. The third-order valence-electron chi connectivity index (χ3n) is 2.04. The van der Waals surface area contributed by atoms with Gasteiger partial charge in [-0.1, -0.05) is 6.07 Å². The third kappa shape index (κ3) is 2.25. The van der Waals surface area contributed by atoms with Crippen LogP contribution >= 0.6 is 0 Å². The second-order valence-corrected chi connectivity index (χ2v) is 3.05. The van der Waals surface area contributed by atoms with Gasteiger partial charge in [-0.25, -0.2) is 8.78 Å². The van der Waals surface area contributed by atoms with E-state index in [1.807, 2.05) is 0 Å². The van der Waals surface area contributed by atoms with E-state index in [1.54, 1.807) is 13.0 Å². The van der Waals surface area contributed by atoms with Crippen LogP contribution in [0.3, 0.4) is 0 Å². The first-order valence-electron chi connectivity index (χ1n) is 4.23. The Kier molecular flexibility index (Phi) is 3.37. The van der Waals surface area contributed by atoms with Crippen molar-refractivity contribution in [3.8, 4) is 0 Å². The van der Waals surface area contributed by atoms with Crippen molar-refractivity contribution in [1.82, 2.24) is 0 Å². The molecule has 0 bridgehead atoms. The number of benzene rings is 1. The van der Waals surface area contributed by atoms with Gasteiger partial charge in [0.25, 0.3) is 0 Å². The molecule has 0 radical (unpaired) electrons. The minimum Gasteiger partial charge on any atom is -0.330 e. The SMILES string of the molecule is Cc1cc(CCN)cc(F)c1CF. The van der Waals surface area contributed by atoms with E-state index in [9.17, 15) is 8.78 Å². The number of halogens is 2. The van der Waals surface area contributed by atoms with E-state index in [0.29, 0.717) is 18.5 Å². The molecule has 1 aromatic rings. The summed E-state index contributed by atoms with van der Waals surface area (Å²) < 4.78 is 25.5. The average molecular weight is 185 g/mol. The summed E-state index contributed by atoms with van der Waals surface area (Å²) >= 11 is 0. The zero-order chi connectivity index (χ0) is 9.84. The van der Waals surface area contributed by atoms with Crippen molar-refractivity contribution in [3.63, 3.8) is 0 Å². The summed E-state index contributed by atoms with van der Waals surface area (Å²) in [5.41, 5.74) is 6.97. The topological polar surface area (TPSA) is 26.0 Å². The maximum Gasteiger partial charge on any atom is 0.129 e. The molecule has 0 amide bonds. The molecule has 0 atom stereocenters. The lowest BCUT2D eigenvalue weighted by atomic mass is 10.0. The first kappa shape index (κ1) is 10.1. The highest BCUT2D eigenvalue weighted by molar-refractivity contribution is 5.32. The molecular weight excluding hydrogens is 172 g/mol. The van der Waals surface area contributed by atoms with Gasteiger partial charge in [-0.2, -0.15) is 0 Å². The van der Waals surface area contributed by atoms with Gasteiger partial charge in [0.05, 0.1) is 0 Å². The molecule has 1 aromatic carbocycles. The van der Waals surface area contributed by atoms with Crippen LogP contribution in [0.4, 0.5) is 8.78 Å². The molecule has 2 N–H and O–H groups in total. The number of rotatable bonds is 3. The lowest BCUT2D eigenvalue weighted by Gasteiger charge is -2.06. The fourth-order valence-electron chi connectivity index (χ4n) is 1.33. The average Bonchev–Trinajstić information content (AvgIpc) is 2.04. The van der Waals surface area contributed by atoms with Crippen LogP contribution < -0.4 is 5.73 Å². The molecule has 3 heteroatoms. The van der Waals surface area contributed by atoms with E-state index in [1.165, 1.54) is 6.07 Å². The van der Waals surface area contributed by atoms with Crippen molar-refractivity contribution in [2.75, 3.05) is 6.54 Å². The normalized spacial score (nSPS) is 10.5. The lowest BCUT2D eigenvalue weighted by Crippen LogP contribution is -2.04. The summed E-state index contributed by atoms with van der Waals surface area (Å²) in [5.74, 6) is -0.467. The number of hydrogen-bond acceptors (Lipinski definition) is 1. The van der Waals surface area contributed by atoms with Crippen molar-refractivity contribution in [2.45, 2.75) is 20.0 Å². The summed E-state index contributed by atoms with van der Waals surface area (Å²) in [5, 5.41) is 0. The minimum atomic E-state index is -0.749. The maximum absolute atomic E-state index is 13.2. The highest BCUT2D eigenvalue weighted by Gasteiger charge is 2.06. The van der Waals surface area contributed by atoms with Crippen molar-refractivity contribution < 1.29 is 8.78 Å². The highest BCUT2D eigenvalue weighted by atomic mass is 19.1. The summed E-state index contributed by atoms with van der Waals surface area (Å²) in [7, 11) is 0. The Bertz CT molecular complexity index is 274. The molecule has 0 spiro atoms. The quantitative estimate of drug-likeness (QED) is 0.766. The molecule has 0 heterocycles. The summed E-state index contributed by atoms with van der Waals surface area (Å²) in [6, 6.07) is 3.14. The standard InChI is InChI=1S/C10H13F2N/c1-7-4-8(2-3-13)5-10(12)9(7)6-11/h4-5H,2-3,6,13H2,1H3. The van der Waals surface area contributed by atoms with Crippen LogP contribution in [-0.2, 0) is 13.1 Å². The third-order valence-corrected chi connectivity index (χ3v) is 2.04. The molecule has 0 aliphatic heterocycles. The van der Waals surface area contributed by atoms with Crippen LogP contribution in [0, 0.1) is 12.7 Å². The Balaban J connectivity index is 3.05. The monoisotopic (exact) mass is 185 g/mol. The Morgan fingerprint density at radius 2 is 2.08 bits per heavy atom. The Morgan fingerprint density at radius 3 is 2.54 bits per heavy atom. The zero-order valence-electron chi connectivity index (χ0n) is 7.61. The summed E-state index contributed by atoms with van der Waals surface area (Å²) in [4.78, 5) is 0. The van der Waals surface area contributed by atoms with E-state index in [0.717, 1.165) is 5.56 Å². The molecule has 1 nitrogen and oxygen atoms in total. The fourth-order valence-corrected chi connectivity index (χ4v) is 1.33.